The van der Waals surface area contributed by atoms with Gasteiger partial charge in [-0.2, -0.15) is 5.10 Å². The van der Waals surface area contributed by atoms with Crippen LogP contribution in [0.3, 0.4) is 0 Å². The molecule has 0 bridgehead atoms. The van der Waals surface area contributed by atoms with Crippen LogP contribution in [0.2, 0.25) is 0 Å². The Morgan fingerprint density at radius 2 is 2.04 bits per heavy atom. The highest BCUT2D eigenvalue weighted by Gasteiger charge is 2.19. The van der Waals surface area contributed by atoms with Gasteiger partial charge in [0, 0.05) is 29.3 Å². The van der Waals surface area contributed by atoms with E-state index in [1.165, 1.54) is 0 Å². The molecular formula is C21H20N4O3. The second-order valence-corrected chi connectivity index (χ2v) is 6.61. The number of aryl methyl sites for hydroxylation is 1. The number of benzene rings is 2. The van der Waals surface area contributed by atoms with Crippen LogP contribution in [0.5, 0.6) is 0 Å². The van der Waals surface area contributed by atoms with Crippen molar-refractivity contribution in [3.05, 3.63) is 71.5 Å². The number of nitrogens with zero attached hydrogens (tertiary/aromatic N) is 2. The Morgan fingerprint density at radius 3 is 2.82 bits per heavy atom. The smallest absolute Gasteiger partial charge is 0.273 e. The molecule has 142 valence electrons. The fraction of sp³-hybridized carbons (Fsp3) is 0.190. The van der Waals surface area contributed by atoms with Gasteiger partial charge in [-0.3, -0.25) is 9.89 Å². The van der Waals surface area contributed by atoms with Crippen molar-refractivity contribution in [1.29, 1.82) is 0 Å². The molecule has 0 unspecified atom stereocenters. The van der Waals surface area contributed by atoms with Crippen LogP contribution < -0.4 is 5.32 Å². The highest BCUT2D eigenvalue weighted by atomic mass is 16.5. The molecule has 2 aromatic heterocycles. The Balaban J connectivity index is 1.55. The zero-order valence-corrected chi connectivity index (χ0v) is 15.3. The number of hydrogen-bond acceptors (Lipinski definition) is 5. The number of nitrogens with one attached hydrogen (secondary N) is 2. The van der Waals surface area contributed by atoms with Crippen molar-refractivity contribution in [1.82, 2.24) is 20.7 Å². The molecule has 0 saturated heterocycles. The van der Waals surface area contributed by atoms with Gasteiger partial charge in [0.15, 0.2) is 11.5 Å². The lowest BCUT2D eigenvalue weighted by atomic mass is 10.0. The van der Waals surface area contributed by atoms with Gasteiger partial charge >= 0.3 is 0 Å². The molecule has 1 amide bonds. The fourth-order valence-electron chi connectivity index (χ4n) is 3.18. The number of rotatable bonds is 6. The first kappa shape index (κ1) is 17.9. The first-order chi connectivity index (χ1) is 13.7. The molecule has 0 aliphatic rings. The van der Waals surface area contributed by atoms with Crippen LogP contribution in [0.4, 0.5) is 0 Å². The molecule has 4 aromatic rings. The van der Waals surface area contributed by atoms with Crippen LogP contribution in [0.15, 0.2) is 59.1 Å². The van der Waals surface area contributed by atoms with Gasteiger partial charge in [-0.25, -0.2) is 0 Å². The lowest BCUT2D eigenvalue weighted by Gasteiger charge is -2.17. The summed E-state index contributed by atoms with van der Waals surface area (Å²) in [4.78, 5) is 12.6. The summed E-state index contributed by atoms with van der Waals surface area (Å²) in [5.74, 6) is 0.156. The summed E-state index contributed by atoms with van der Waals surface area (Å²) in [5.41, 5.74) is 3.77. The third-order valence-corrected chi connectivity index (χ3v) is 4.70. The van der Waals surface area contributed by atoms with Gasteiger partial charge in [-0.05, 0) is 37.1 Å². The molecule has 1 atom stereocenters. The van der Waals surface area contributed by atoms with Crippen LogP contribution >= 0.6 is 0 Å². The monoisotopic (exact) mass is 376 g/mol. The van der Waals surface area contributed by atoms with Gasteiger partial charge in [0.25, 0.3) is 5.91 Å². The Labute approximate surface area is 161 Å². The number of aromatic nitrogens is 3. The van der Waals surface area contributed by atoms with Crippen molar-refractivity contribution < 1.29 is 14.4 Å². The zero-order valence-electron chi connectivity index (χ0n) is 15.3. The molecule has 0 radical (unpaired) electrons. The highest BCUT2D eigenvalue weighted by Crippen LogP contribution is 2.26. The molecule has 4 rings (SSSR count). The maximum atomic E-state index is 12.6. The summed E-state index contributed by atoms with van der Waals surface area (Å²) >= 11 is 0. The van der Waals surface area contributed by atoms with E-state index in [9.17, 15) is 9.90 Å². The lowest BCUT2D eigenvalue weighted by Crippen LogP contribution is -2.29. The summed E-state index contributed by atoms with van der Waals surface area (Å²) in [6.45, 7) is 1.91. The molecule has 2 heterocycles. The quantitative estimate of drug-likeness (QED) is 0.479. The van der Waals surface area contributed by atoms with Crippen molar-refractivity contribution in [3.63, 3.8) is 0 Å². The molecule has 3 N–H and O–H groups in total. The van der Waals surface area contributed by atoms with Crippen LogP contribution in [0.1, 0.15) is 34.2 Å². The van der Waals surface area contributed by atoms with E-state index in [1.807, 2.05) is 55.5 Å². The minimum absolute atomic E-state index is 0.0338. The Kier molecular flexibility index (Phi) is 4.90. The third kappa shape index (κ3) is 3.52. The van der Waals surface area contributed by atoms with E-state index < -0.39 is 0 Å². The second-order valence-electron chi connectivity index (χ2n) is 6.61. The van der Waals surface area contributed by atoms with E-state index in [0.29, 0.717) is 12.2 Å². The SMILES string of the molecule is Cc1[nH]nc2ccc(-c3cc(C(=O)N[C@H](CCO)c4ccccc4)no3)cc12. The van der Waals surface area contributed by atoms with Gasteiger partial charge in [0.05, 0.1) is 11.6 Å². The minimum Gasteiger partial charge on any atom is -0.396 e. The van der Waals surface area contributed by atoms with E-state index in [1.54, 1.807) is 6.07 Å². The molecule has 0 aliphatic heterocycles. The second kappa shape index (κ2) is 7.66. The Morgan fingerprint density at radius 1 is 1.21 bits per heavy atom. The van der Waals surface area contributed by atoms with Crippen molar-refractivity contribution in [2.45, 2.75) is 19.4 Å². The van der Waals surface area contributed by atoms with Crippen LogP contribution in [0, 0.1) is 6.92 Å². The molecule has 0 fully saturated rings. The molecule has 7 nitrogen and oxygen atoms in total. The Bertz CT molecular complexity index is 1100. The lowest BCUT2D eigenvalue weighted by molar-refractivity contribution is 0.0921. The van der Waals surface area contributed by atoms with Crippen LogP contribution in [-0.2, 0) is 0 Å². The number of carbonyl (C=O) groups is 1. The van der Waals surface area contributed by atoms with Crippen molar-refractivity contribution in [2.24, 2.45) is 0 Å². The maximum absolute atomic E-state index is 12.6. The predicted molar refractivity (Wildman–Crippen MR) is 105 cm³/mol. The van der Waals surface area contributed by atoms with Gasteiger partial charge in [-0.1, -0.05) is 35.5 Å². The van der Waals surface area contributed by atoms with E-state index in [4.69, 9.17) is 4.52 Å². The summed E-state index contributed by atoms with van der Waals surface area (Å²) < 4.78 is 5.39. The summed E-state index contributed by atoms with van der Waals surface area (Å²) in [6.07, 6.45) is 0.414. The normalized spacial score (nSPS) is 12.2. The first-order valence-corrected chi connectivity index (χ1v) is 9.04. The van der Waals surface area contributed by atoms with Crippen LogP contribution in [0.25, 0.3) is 22.2 Å². The number of aromatic amines is 1. The van der Waals surface area contributed by atoms with E-state index in [0.717, 1.165) is 27.7 Å². The van der Waals surface area contributed by atoms with Gasteiger partial charge in [0.1, 0.15) is 0 Å². The summed E-state index contributed by atoms with van der Waals surface area (Å²) in [6, 6.07) is 16.6. The Hall–Kier alpha value is -3.45. The van der Waals surface area contributed by atoms with Gasteiger partial charge in [0.2, 0.25) is 0 Å². The largest absolute Gasteiger partial charge is 0.396 e. The number of aliphatic hydroxyl groups is 1. The molecule has 2 aromatic carbocycles. The standard InChI is InChI=1S/C21H20N4O3/c1-13-16-11-15(7-8-18(16)24-23-13)20-12-19(25-28-20)21(27)22-17(9-10-26)14-5-3-2-4-6-14/h2-8,11-12,17,26H,9-10H2,1H3,(H,22,27)(H,23,24)/t17-/m1/s1. The van der Waals surface area contributed by atoms with E-state index in [-0.39, 0.29) is 24.2 Å². The van der Waals surface area contributed by atoms with Gasteiger partial charge < -0.3 is 14.9 Å². The summed E-state index contributed by atoms with van der Waals surface area (Å²) in [5, 5.41) is 24.3. The van der Waals surface area contributed by atoms with Crippen molar-refractivity contribution >= 4 is 16.8 Å². The number of fused-ring (bicyclic) bond motifs is 1. The number of amides is 1. The van der Waals surface area contributed by atoms with Crippen molar-refractivity contribution in [2.75, 3.05) is 6.61 Å². The molecule has 28 heavy (non-hydrogen) atoms. The molecule has 0 aliphatic carbocycles. The van der Waals surface area contributed by atoms with E-state index >= 15 is 0 Å². The fourth-order valence-corrected chi connectivity index (χ4v) is 3.18. The average molecular weight is 376 g/mol. The van der Waals surface area contributed by atoms with E-state index in [2.05, 4.69) is 20.7 Å². The third-order valence-electron chi connectivity index (χ3n) is 4.70. The molecule has 0 saturated carbocycles. The first-order valence-electron chi connectivity index (χ1n) is 9.04. The predicted octanol–water partition coefficient (Wildman–Crippen LogP) is 3.38. The molecule has 0 spiro atoms. The number of carbonyl (C=O) groups excluding carboxylic acids is 1. The number of aliphatic hydroxyl groups excluding tert-OH is 1. The summed E-state index contributed by atoms with van der Waals surface area (Å²) in [7, 11) is 0. The topological polar surface area (TPSA) is 104 Å². The number of hydrogen-bond donors (Lipinski definition) is 3. The maximum Gasteiger partial charge on any atom is 0.273 e. The average Bonchev–Trinajstić information content (AvgIpc) is 3.36. The molecular weight excluding hydrogens is 356 g/mol. The zero-order chi connectivity index (χ0) is 19.5. The minimum atomic E-state index is -0.349. The number of H-pyrrole nitrogens is 1. The highest BCUT2D eigenvalue weighted by molar-refractivity contribution is 5.94. The molecule has 7 heteroatoms. The van der Waals surface area contributed by atoms with Crippen LogP contribution in [-0.4, -0.2) is 33.0 Å². The van der Waals surface area contributed by atoms with Gasteiger partial charge in [-0.15, -0.1) is 0 Å². The van der Waals surface area contributed by atoms with Crippen molar-refractivity contribution in [3.8, 4) is 11.3 Å².